The maximum atomic E-state index is 9.70. The number of aromatic nitrogens is 3. The molecule has 102 valence electrons. The van der Waals surface area contributed by atoms with Crippen molar-refractivity contribution in [3.63, 3.8) is 0 Å². The number of hydrogen-bond acceptors (Lipinski definition) is 4. The van der Waals surface area contributed by atoms with Gasteiger partial charge in [0.25, 0.3) is 0 Å². The van der Waals surface area contributed by atoms with Gasteiger partial charge in [0, 0.05) is 30.7 Å². The van der Waals surface area contributed by atoms with Crippen LogP contribution in [-0.2, 0) is 6.54 Å². The Kier molecular flexibility index (Phi) is 3.24. The molecule has 1 saturated heterocycles. The van der Waals surface area contributed by atoms with Crippen molar-refractivity contribution in [2.75, 3.05) is 13.1 Å². The minimum Gasteiger partial charge on any atom is -0.392 e. The standard InChI is InChI=1S/C14H20N4O/c1-10-6-11(2)18-8-12(16-14(18)15-10)7-17-5-3-4-13(19)9-17/h6,8,13,19H,3-5,7,9H2,1-2H3/t13-/m0/s1. The fourth-order valence-corrected chi connectivity index (χ4v) is 2.80. The van der Waals surface area contributed by atoms with Crippen molar-refractivity contribution in [3.8, 4) is 0 Å². The van der Waals surface area contributed by atoms with Crippen LogP contribution in [0.3, 0.4) is 0 Å². The van der Waals surface area contributed by atoms with E-state index in [1.54, 1.807) is 0 Å². The summed E-state index contributed by atoms with van der Waals surface area (Å²) in [5, 5.41) is 9.70. The number of likely N-dealkylation sites (tertiary alicyclic amines) is 1. The molecule has 2 aromatic rings. The molecule has 0 aromatic carbocycles. The van der Waals surface area contributed by atoms with Gasteiger partial charge in [-0.25, -0.2) is 9.97 Å². The minimum atomic E-state index is -0.187. The van der Waals surface area contributed by atoms with Crippen molar-refractivity contribution in [1.82, 2.24) is 19.3 Å². The summed E-state index contributed by atoms with van der Waals surface area (Å²) in [5.41, 5.74) is 3.17. The first-order valence-electron chi connectivity index (χ1n) is 6.84. The molecule has 0 unspecified atom stereocenters. The van der Waals surface area contributed by atoms with Gasteiger partial charge in [-0.05, 0) is 39.3 Å². The summed E-state index contributed by atoms with van der Waals surface area (Å²) in [6.45, 7) is 6.63. The lowest BCUT2D eigenvalue weighted by atomic mass is 10.1. The number of aliphatic hydroxyl groups excluding tert-OH is 1. The van der Waals surface area contributed by atoms with Crippen LogP contribution >= 0.6 is 0 Å². The van der Waals surface area contributed by atoms with Gasteiger partial charge in [0.1, 0.15) is 0 Å². The summed E-state index contributed by atoms with van der Waals surface area (Å²) in [5.74, 6) is 0.769. The van der Waals surface area contributed by atoms with Crippen molar-refractivity contribution in [1.29, 1.82) is 0 Å². The molecular weight excluding hydrogens is 240 g/mol. The van der Waals surface area contributed by atoms with Crippen molar-refractivity contribution in [2.24, 2.45) is 0 Å². The van der Waals surface area contributed by atoms with Crippen LogP contribution in [0.1, 0.15) is 29.9 Å². The smallest absolute Gasteiger partial charge is 0.234 e. The number of hydrogen-bond donors (Lipinski definition) is 1. The summed E-state index contributed by atoms with van der Waals surface area (Å²) >= 11 is 0. The molecular formula is C14H20N4O. The molecule has 3 rings (SSSR count). The fourth-order valence-electron chi connectivity index (χ4n) is 2.80. The van der Waals surface area contributed by atoms with Crippen LogP contribution in [-0.4, -0.2) is 43.6 Å². The Morgan fingerprint density at radius 2 is 2.21 bits per heavy atom. The van der Waals surface area contributed by atoms with Gasteiger partial charge in [-0.1, -0.05) is 0 Å². The number of imidazole rings is 1. The first-order valence-corrected chi connectivity index (χ1v) is 6.84. The van der Waals surface area contributed by atoms with Gasteiger partial charge in [0.15, 0.2) is 0 Å². The van der Waals surface area contributed by atoms with Crippen LogP contribution in [0.15, 0.2) is 12.3 Å². The second kappa shape index (κ2) is 4.90. The fraction of sp³-hybridized carbons (Fsp3) is 0.571. The molecule has 0 saturated carbocycles. The molecule has 1 atom stereocenters. The van der Waals surface area contributed by atoms with E-state index in [1.165, 1.54) is 0 Å². The molecule has 5 heteroatoms. The van der Waals surface area contributed by atoms with E-state index in [1.807, 2.05) is 11.3 Å². The lowest BCUT2D eigenvalue weighted by Gasteiger charge is -2.29. The summed E-state index contributed by atoms with van der Waals surface area (Å²) in [6.07, 6.45) is 3.85. The second-order valence-electron chi connectivity index (χ2n) is 5.47. The number of aryl methyl sites for hydroxylation is 2. The van der Waals surface area contributed by atoms with Gasteiger partial charge in [0.05, 0.1) is 11.8 Å². The molecule has 0 aliphatic carbocycles. The number of fused-ring (bicyclic) bond motifs is 1. The molecule has 1 aliphatic rings. The minimum absolute atomic E-state index is 0.187. The monoisotopic (exact) mass is 260 g/mol. The van der Waals surface area contributed by atoms with Crippen LogP contribution in [0.25, 0.3) is 5.78 Å². The number of aliphatic hydroxyl groups is 1. The van der Waals surface area contributed by atoms with Gasteiger partial charge in [-0.15, -0.1) is 0 Å². The Morgan fingerprint density at radius 3 is 3.00 bits per heavy atom. The highest BCUT2D eigenvalue weighted by Gasteiger charge is 2.18. The first-order chi connectivity index (χ1) is 9.11. The number of rotatable bonds is 2. The van der Waals surface area contributed by atoms with E-state index in [0.29, 0.717) is 0 Å². The van der Waals surface area contributed by atoms with E-state index >= 15 is 0 Å². The van der Waals surface area contributed by atoms with E-state index in [-0.39, 0.29) is 6.10 Å². The van der Waals surface area contributed by atoms with Crippen LogP contribution in [0.2, 0.25) is 0 Å². The Labute approximate surface area is 112 Å². The van der Waals surface area contributed by atoms with Crippen LogP contribution in [0, 0.1) is 13.8 Å². The van der Waals surface area contributed by atoms with E-state index < -0.39 is 0 Å². The maximum absolute atomic E-state index is 9.70. The van der Waals surface area contributed by atoms with Gasteiger partial charge < -0.3 is 5.11 Å². The number of piperidine rings is 1. The molecule has 1 fully saturated rings. The maximum Gasteiger partial charge on any atom is 0.234 e. The largest absolute Gasteiger partial charge is 0.392 e. The van der Waals surface area contributed by atoms with Crippen molar-refractivity contribution < 1.29 is 5.11 Å². The van der Waals surface area contributed by atoms with Gasteiger partial charge >= 0.3 is 0 Å². The number of β-amino-alcohol motifs (C(OH)–C–C–N with tert-alkyl or cyclic N) is 1. The molecule has 3 heterocycles. The van der Waals surface area contributed by atoms with E-state index in [4.69, 9.17) is 0 Å². The predicted octanol–water partition coefficient (Wildman–Crippen LogP) is 1.30. The zero-order valence-corrected chi connectivity index (χ0v) is 11.5. The second-order valence-corrected chi connectivity index (χ2v) is 5.47. The summed E-state index contributed by atoms with van der Waals surface area (Å²) < 4.78 is 2.03. The quantitative estimate of drug-likeness (QED) is 0.884. The molecule has 19 heavy (non-hydrogen) atoms. The molecule has 5 nitrogen and oxygen atoms in total. The van der Waals surface area contributed by atoms with Gasteiger partial charge in [-0.3, -0.25) is 9.30 Å². The average Bonchev–Trinajstić information content (AvgIpc) is 2.71. The third-order valence-corrected chi connectivity index (χ3v) is 3.68. The number of nitrogens with zero attached hydrogens (tertiary/aromatic N) is 4. The molecule has 0 radical (unpaired) electrons. The topological polar surface area (TPSA) is 53.7 Å². The third kappa shape index (κ3) is 2.62. The predicted molar refractivity (Wildman–Crippen MR) is 73.0 cm³/mol. The molecule has 0 bridgehead atoms. The lowest BCUT2D eigenvalue weighted by molar-refractivity contribution is 0.0663. The Hall–Kier alpha value is -1.46. The van der Waals surface area contributed by atoms with Crippen molar-refractivity contribution in [2.45, 2.75) is 39.3 Å². The zero-order chi connectivity index (χ0) is 13.4. The highest BCUT2D eigenvalue weighted by molar-refractivity contribution is 5.34. The van der Waals surface area contributed by atoms with Crippen molar-refractivity contribution in [3.05, 3.63) is 29.3 Å². The van der Waals surface area contributed by atoms with Crippen molar-refractivity contribution >= 4 is 5.78 Å². The van der Waals surface area contributed by atoms with Crippen LogP contribution in [0.5, 0.6) is 0 Å². The van der Waals surface area contributed by atoms with E-state index in [2.05, 4.69) is 34.1 Å². The highest BCUT2D eigenvalue weighted by Crippen LogP contribution is 2.14. The first kappa shape index (κ1) is 12.6. The Balaban J connectivity index is 1.83. The molecule has 1 N–H and O–H groups in total. The van der Waals surface area contributed by atoms with E-state index in [9.17, 15) is 5.11 Å². The zero-order valence-electron chi connectivity index (χ0n) is 11.5. The van der Waals surface area contributed by atoms with Crippen LogP contribution < -0.4 is 0 Å². The summed E-state index contributed by atoms with van der Waals surface area (Å²) in [6, 6.07) is 2.06. The average molecular weight is 260 g/mol. The lowest BCUT2D eigenvalue weighted by Crippen LogP contribution is -2.37. The SMILES string of the molecule is Cc1cc(C)n2cc(CN3CCC[C@H](O)C3)nc2n1. The van der Waals surface area contributed by atoms with Gasteiger partial charge in [0.2, 0.25) is 5.78 Å². The molecule has 2 aromatic heterocycles. The van der Waals surface area contributed by atoms with Gasteiger partial charge in [-0.2, -0.15) is 0 Å². The normalized spacial score (nSPS) is 21.1. The Bertz CT molecular complexity index is 592. The summed E-state index contributed by atoms with van der Waals surface area (Å²) in [7, 11) is 0. The third-order valence-electron chi connectivity index (χ3n) is 3.68. The van der Waals surface area contributed by atoms with E-state index in [0.717, 1.165) is 55.3 Å². The Morgan fingerprint density at radius 1 is 1.37 bits per heavy atom. The molecule has 1 aliphatic heterocycles. The highest BCUT2D eigenvalue weighted by atomic mass is 16.3. The molecule has 0 spiro atoms. The summed E-state index contributed by atoms with van der Waals surface area (Å²) in [4.78, 5) is 11.3. The molecule has 0 amide bonds. The van der Waals surface area contributed by atoms with Crippen LogP contribution in [0.4, 0.5) is 0 Å².